The van der Waals surface area contributed by atoms with Gasteiger partial charge in [-0.15, -0.1) is 0 Å². The number of benzene rings is 1. The van der Waals surface area contributed by atoms with E-state index in [9.17, 15) is 4.79 Å². The molecular weight excluding hydrogens is 282 g/mol. The Hall–Kier alpha value is -2.60. The van der Waals surface area contributed by atoms with Crippen molar-refractivity contribution < 1.29 is 14.4 Å². The summed E-state index contributed by atoms with van der Waals surface area (Å²) in [6.07, 6.45) is 5.07. The summed E-state index contributed by atoms with van der Waals surface area (Å²) < 4.78 is 6.49. The number of carboxylic acids is 1. The van der Waals surface area contributed by atoms with E-state index in [2.05, 4.69) is 10.1 Å². The summed E-state index contributed by atoms with van der Waals surface area (Å²) in [5.41, 5.74) is 1.87. The van der Waals surface area contributed by atoms with Crippen LogP contribution < -0.4 is 0 Å². The van der Waals surface area contributed by atoms with E-state index in [1.165, 1.54) is 6.07 Å². The third-order valence-corrected chi connectivity index (χ3v) is 3.05. The van der Waals surface area contributed by atoms with E-state index in [0.29, 0.717) is 16.3 Å². The molecule has 0 atom stereocenters. The smallest absolute Gasteiger partial charge is 0.374 e. The van der Waals surface area contributed by atoms with Gasteiger partial charge in [-0.2, -0.15) is 0 Å². The normalized spacial score (nSPS) is 10.7. The van der Waals surface area contributed by atoms with Gasteiger partial charge in [-0.1, -0.05) is 22.8 Å². The number of hydrogen-bond donors (Lipinski definition) is 1. The third-order valence-electron chi connectivity index (χ3n) is 2.75. The van der Waals surface area contributed by atoms with E-state index < -0.39 is 5.97 Å². The van der Waals surface area contributed by atoms with E-state index in [4.69, 9.17) is 21.2 Å². The van der Waals surface area contributed by atoms with Gasteiger partial charge in [0.05, 0.1) is 17.0 Å². The maximum atomic E-state index is 10.8. The fourth-order valence-corrected chi connectivity index (χ4v) is 2.07. The number of halogens is 1. The second-order valence-electron chi connectivity index (χ2n) is 4.02. The molecule has 0 radical (unpaired) electrons. The van der Waals surface area contributed by atoms with Crippen LogP contribution in [0.15, 0.2) is 47.5 Å². The molecule has 1 N–H and O–H groups in total. The molecular formula is C13H8ClN3O3. The molecule has 0 aliphatic carbocycles. The van der Waals surface area contributed by atoms with Crippen molar-refractivity contribution in [1.82, 2.24) is 14.7 Å². The van der Waals surface area contributed by atoms with Gasteiger partial charge >= 0.3 is 5.97 Å². The van der Waals surface area contributed by atoms with Crippen molar-refractivity contribution in [2.45, 2.75) is 0 Å². The fraction of sp³-hybridized carbons (Fsp3) is 0. The SMILES string of the molecule is O=C(O)c1cc(-c2ccc(-n3ccnc3)c(Cl)c2)no1. The summed E-state index contributed by atoms with van der Waals surface area (Å²) in [5.74, 6) is -1.38. The minimum absolute atomic E-state index is 0.213. The zero-order valence-electron chi connectivity index (χ0n) is 10.0. The first-order valence-electron chi connectivity index (χ1n) is 5.63. The van der Waals surface area contributed by atoms with E-state index in [-0.39, 0.29) is 5.76 Å². The van der Waals surface area contributed by atoms with E-state index in [1.54, 1.807) is 41.5 Å². The van der Waals surface area contributed by atoms with Crippen molar-refractivity contribution in [3.05, 3.63) is 53.8 Å². The third kappa shape index (κ3) is 2.17. The summed E-state index contributed by atoms with van der Waals surface area (Å²) in [6, 6.07) is 6.63. The first-order chi connectivity index (χ1) is 9.65. The van der Waals surface area contributed by atoms with E-state index in [0.717, 1.165) is 5.69 Å². The molecule has 6 nitrogen and oxygen atoms in total. The highest BCUT2D eigenvalue weighted by Crippen LogP contribution is 2.27. The quantitative estimate of drug-likeness (QED) is 0.802. The van der Waals surface area contributed by atoms with Crippen molar-refractivity contribution in [3.63, 3.8) is 0 Å². The lowest BCUT2D eigenvalue weighted by Gasteiger charge is -2.06. The minimum atomic E-state index is -1.16. The number of hydrogen-bond acceptors (Lipinski definition) is 4. The molecule has 0 bridgehead atoms. The van der Waals surface area contributed by atoms with Crippen LogP contribution in [0.5, 0.6) is 0 Å². The van der Waals surface area contributed by atoms with Gasteiger partial charge in [-0.25, -0.2) is 9.78 Å². The highest BCUT2D eigenvalue weighted by atomic mass is 35.5. The van der Waals surface area contributed by atoms with Crippen LogP contribution >= 0.6 is 11.6 Å². The van der Waals surface area contributed by atoms with Crippen LogP contribution in [0.4, 0.5) is 0 Å². The molecule has 2 heterocycles. The molecule has 20 heavy (non-hydrogen) atoms. The average molecular weight is 290 g/mol. The lowest BCUT2D eigenvalue weighted by atomic mass is 10.1. The molecule has 0 saturated carbocycles. The Morgan fingerprint density at radius 3 is 2.80 bits per heavy atom. The molecule has 0 aliphatic rings. The van der Waals surface area contributed by atoms with Crippen molar-refractivity contribution >= 4 is 17.6 Å². The van der Waals surface area contributed by atoms with Gasteiger partial charge in [0.25, 0.3) is 0 Å². The summed E-state index contributed by atoms with van der Waals surface area (Å²) in [6.45, 7) is 0. The first-order valence-corrected chi connectivity index (χ1v) is 6.01. The Bertz CT molecular complexity index is 765. The van der Waals surface area contributed by atoms with Gasteiger partial charge in [-0.05, 0) is 12.1 Å². The van der Waals surface area contributed by atoms with Crippen molar-refractivity contribution in [1.29, 1.82) is 0 Å². The molecule has 0 saturated heterocycles. The van der Waals surface area contributed by atoms with Crippen LogP contribution in [-0.4, -0.2) is 25.8 Å². The van der Waals surface area contributed by atoms with Gasteiger partial charge in [-0.3, -0.25) is 0 Å². The lowest BCUT2D eigenvalue weighted by molar-refractivity contribution is 0.0652. The van der Waals surface area contributed by atoms with Gasteiger partial charge in [0, 0.05) is 24.0 Å². The molecule has 0 fully saturated rings. The minimum Gasteiger partial charge on any atom is -0.475 e. The van der Waals surface area contributed by atoms with Crippen molar-refractivity contribution in [3.8, 4) is 16.9 Å². The van der Waals surface area contributed by atoms with Gasteiger partial charge < -0.3 is 14.2 Å². The van der Waals surface area contributed by atoms with Crippen LogP contribution in [-0.2, 0) is 0 Å². The highest BCUT2D eigenvalue weighted by Gasteiger charge is 2.13. The van der Waals surface area contributed by atoms with Crippen LogP contribution in [0.3, 0.4) is 0 Å². The summed E-state index contributed by atoms with van der Waals surface area (Å²) in [4.78, 5) is 14.7. The van der Waals surface area contributed by atoms with Crippen LogP contribution in [0.25, 0.3) is 16.9 Å². The number of carbonyl (C=O) groups is 1. The molecule has 0 unspecified atom stereocenters. The summed E-state index contributed by atoms with van der Waals surface area (Å²) >= 11 is 6.22. The van der Waals surface area contributed by atoms with Crippen molar-refractivity contribution in [2.24, 2.45) is 0 Å². The topological polar surface area (TPSA) is 81.1 Å². The van der Waals surface area contributed by atoms with Gasteiger partial charge in [0.1, 0.15) is 5.69 Å². The fourth-order valence-electron chi connectivity index (χ4n) is 1.79. The maximum Gasteiger partial charge on any atom is 0.374 e. The number of carboxylic acid groups (broad SMARTS) is 1. The average Bonchev–Trinajstić information content (AvgIpc) is 3.10. The van der Waals surface area contributed by atoms with Crippen LogP contribution in [0.2, 0.25) is 5.02 Å². The first kappa shape index (κ1) is 12.4. The number of imidazole rings is 1. The summed E-state index contributed by atoms with van der Waals surface area (Å²) in [7, 11) is 0. The molecule has 100 valence electrons. The zero-order valence-corrected chi connectivity index (χ0v) is 10.8. The number of aromatic nitrogens is 3. The molecule has 0 amide bonds. The van der Waals surface area contributed by atoms with Crippen LogP contribution in [0.1, 0.15) is 10.6 Å². The predicted octanol–water partition coefficient (Wildman–Crippen LogP) is 2.88. The van der Waals surface area contributed by atoms with E-state index >= 15 is 0 Å². The Morgan fingerprint density at radius 2 is 2.20 bits per heavy atom. The van der Waals surface area contributed by atoms with Gasteiger partial charge in [0.15, 0.2) is 0 Å². The molecule has 2 aromatic heterocycles. The number of nitrogens with zero attached hydrogens (tertiary/aromatic N) is 3. The van der Waals surface area contributed by atoms with Crippen LogP contribution in [0, 0.1) is 0 Å². The Kier molecular flexibility index (Phi) is 3.00. The second kappa shape index (κ2) is 4.82. The Morgan fingerprint density at radius 1 is 1.35 bits per heavy atom. The second-order valence-corrected chi connectivity index (χ2v) is 4.42. The lowest BCUT2D eigenvalue weighted by Crippen LogP contribution is -1.92. The largest absolute Gasteiger partial charge is 0.475 e. The predicted molar refractivity (Wildman–Crippen MR) is 71.0 cm³/mol. The molecule has 0 aliphatic heterocycles. The summed E-state index contributed by atoms with van der Waals surface area (Å²) in [5, 5.41) is 13.0. The molecule has 0 spiro atoms. The zero-order chi connectivity index (χ0) is 14.1. The van der Waals surface area contributed by atoms with Crippen molar-refractivity contribution in [2.75, 3.05) is 0 Å². The Balaban J connectivity index is 1.99. The molecule has 1 aromatic carbocycles. The Labute approximate surface area is 118 Å². The maximum absolute atomic E-state index is 10.8. The highest BCUT2D eigenvalue weighted by molar-refractivity contribution is 6.32. The molecule has 3 aromatic rings. The standard InChI is InChI=1S/C13H8ClN3O3/c14-9-5-8(10-6-12(13(18)19)20-16-10)1-2-11(9)17-4-3-15-7-17/h1-7H,(H,18,19). The van der Waals surface area contributed by atoms with Gasteiger partial charge in [0.2, 0.25) is 5.76 Å². The van der Waals surface area contributed by atoms with E-state index in [1.807, 2.05) is 0 Å². The number of aromatic carboxylic acids is 1. The molecule has 7 heteroatoms. The molecule has 3 rings (SSSR count). The monoisotopic (exact) mass is 289 g/mol. The number of rotatable bonds is 3.